The average molecular weight is 431 g/mol. The molecule has 4 aromatic rings. The minimum Gasteiger partial charge on any atom is -0.357 e. The number of hydrogen-bond acceptors (Lipinski definition) is 2. The lowest BCUT2D eigenvalue weighted by molar-refractivity contribution is -0.114. The summed E-state index contributed by atoms with van der Waals surface area (Å²) in [4.78, 5) is 16.9. The molecule has 0 saturated heterocycles. The van der Waals surface area contributed by atoms with Crippen molar-refractivity contribution in [2.45, 2.75) is 25.9 Å². The standard InChI is InChI=1S/C26H23F2N3O/c1-16(32)29-19-9-6-17(7-10-19)15-31-13-12-21-20-4-2-3-5-24(20)30-25(21)26(31)22-14-18(27)8-11-23(22)28/h2-11,14,26,30H,12-13,15H2,1H3,(H,29,32)/t26-/m0/s1. The Morgan fingerprint density at radius 2 is 1.88 bits per heavy atom. The van der Waals surface area contributed by atoms with Gasteiger partial charge < -0.3 is 10.3 Å². The molecule has 2 heterocycles. The molecule has 1 aliphatic rings. The molecule has 0 unspecified atom stereocenters. The zero-order chi connectivity index (χ0) is 22.2. The molecule has 1 aromatic heterocycles. The topological polar surface area (TPSA) is 48.1 Å². The summed E-state index contributed by atoms with van der Waals surface area (Å²) in [7, 11) is 0. The molecule has 0 bridgehead atoms. The van der Waals surface area contributed by atoms with Gasteiger partial charge in [-0.05, 0) is 53.9 Å². The third-order valence-corrected chi connectivity index (χ3v) is 6.05. The van der Waals surface area contributed by atoms with Crippen molar-refractivity contribution in [3.63, 3.8) is 0 Å². The van der Waals surface area contributed by atoms with Gasteiger partial charge in [0.1, 0.15) is 11.6 Å². The minimum atomic E-state index is -0.454. The molecule has 0 spiro atoms. The fraction of sp³-hybridized carbons (Fsp3) is 0.192. The van der Waals surface area contributed by atoms with E-state index in [-0.39, 0.29) is 5.91 Å². The van der Waals surface area contributed by atoms with E-state index in [1.165, 1.54) is 19.1 Å². The molecule has 162 valence electrons. The fourth-order valence-electron chi connectivity index (χ4n) is 4.67. The number of hydrogen-bond donors (Lipinski definition) is 2. The van der Waals surface area contributed by atoms with E-state index in [9.17, 15) is 13.6 Å². The smallest absolute Gasteiger partial charge is 0.221 e. The average Bonchev–Trinajstić information content (AvgIpc) is 3.15. The van der Waals surface area contributed by atoms with Crippen LogP contribution in [0.15, 0.2) is 66.7 Å². The lowest BCUT2D eigenvalue weighted by atomic mass is 9.91. The zero-order valence-corrected chi connectivity index (χ0v) is 17.7. The summed E-state index contributed by atoms with van der Waals surface area (Å²) in [6.07, 6.45) is 0.816. The molecular weight excluding hydrogens is 408 g/mol. The lowest BCUT2D eigenvalue weighted by Crippen LogP contribution is -2.36. The normalized spacial score (nSPS) is 16.2. The number of nitrogens with one attached hydrogen (secondary N) is 2. The van der Waals surface area contributed by atoms with Crippen molar-refractivity contribution < 1.29 is 13.6 Å². The van der Waals surface area contributed by atoms with Crippen LogP contribution in [0.4, 0.5) is 14.5 Å². The maximum atomic E-state index is 14.9. The van der Waals surface area contributed by atoms with E-state index in [0.717, 1.165) is 45.9 Å². The fourth-order valence-corrected chi connectivity index (χ4v) is 4.67. The number of aromatic amines is 1. The molecule has 3 aromatic carbocycles. The molecule has 1 aliphatic heterocycles. The van der Waals surface area contributed by atoms with E-state index in [4.69, 9.17) is 0 Å². The summed E-state index contributed by atoms with van der Waals surface area (Å²) in [5.41, 5.74) is 5.16. The molecular formula is C26H23F2N3O. The lowest BCUT2D eigenvalue weighted by Gasteiger charge is -2.36. The highest BCUT2D eigenvalue weighted by Crippen LogP contribution is 2.40. The van der Waals surface area contributed by atoms with Gasteiger partial charge in [-0.25, -0.2) is 8.78 Å². The van der Waals surface area contributed by atoms with Crippen LogP contribution in [-0.4, -0.2) is 22.3 Å². The predicted octanol–water partition coefficient (Wildman–Crippen LogP) is 5.55. The molecule has 32 heavy (non-hydrogen) atoms. The van der Waals surface area contributed by atoms with Gasteiger partial charge in [-0.15, -0.1) is 0 Å². The number of benzene rings is 3. The first-order chi connectivity index (χ1) is 15.5. The second kappa shape index (κ2) is 8.20. The molecule has 0 saturated carbocycles. The SMILES string of the molecule is CC(=O)Nc1ccc(CN2CCc3c([nH]c4ccccc34)[C@@H]2c2cc(F)ccc2F)cc1. The van der Waals surface area contributed by atoms with Crippen LogP contribution in [-0.2, 0) is 17.8 Å². The van der Waals surface area contributed by atoms with Crippen LogP contribution < -0.4 is 5.32 Å². The van der Waals surface area contributed by atoms with Crippen molar-refractivity contribution in [1.29, 1.82) is 0 Å². The van der Waals surface area contributed by atoms with Crippen molar-refractivity contribution in [3.05, 3.63) is 101 Å². The van der Waals surface area contributed by atoms with Gasteiger partial charge in [0, 0.05) is 47.9 Å². The summed E-state index contributed by atoms with van der Waals surface area (Å²) < 4.78 is 29.1. The minimum absolute atomic E-state index is 0.123. The number of carbonyl (C=O) groups excluding carboxylic acids is 1. The summed E-state index contributed by atoms with van der Waals surface area (Å²) in [6, 6.07) is 18.9. The van der Waals surface area contributed by atoms with Crippen LogP contribution in [0.1, 0.15) is 35.3 Å². The highest BCUT2D eigenvalue weighted by atomic mass is 19.1. The Morgan fingerprint density at radius 1 is 1.09 bits per heavy atom. The highest BCUT2D eigenvalue weighted by Gasteiger charge is 2.33. The van der Waals surface area contributed by atoms with Crippen molar-refractivity contribution >= 4 is 22.5 Å². The second-order valence-electron chi connectivity index (χ2n) is 8.23. The molecule has 0 fully saturated rings. The number of fused-ring (bicyclic) bond motifs is 3. The van der Waals surface area contributed by atoms with E-state index in [0.29, 0.717) is 18.7 Å². The Bertz CT molecular complexity index is 1300. The Hall–Kier alpha value is -3.51. The van der Waals surface area contributed by atoms with E-state index in [1.807, 2.05) is 42.5 Å². The zero-order valence-electron chi connectivity index (χ0n) is 17.7. The summed E-state index contributed by atoms with van der Waals surface area (Å²) >= 11 is 0. The molecule has 1 atom stereocenters. The number of halogens is 2. The van der Waals surface area contributed by atoms with Crippen LogP contribution in [0.3, 0.4) is 0 Å². The first-order valence-electron chi connectivity index (χ1n) is 10.6. The van der Waals surface area contributed by atoms with Crippen LogP contribution in [0.5, 0.6) is 0 Å². The number of carbonyl (C=O) groups is 1. The molecule has 6 heteroatoms. The molecule has 1 amide bonds. The summed E-state index contributed by atoms with van der Waals surface area (Å²) in [6.45, 7) is 2.75. The first kappa shape index (κ1) is 20.4. The monoisotopic (exact) mass is 431 g/mol. The summed E-state index contributed by atoms with van der Waals surface area (Å²) in [5.74, 6) is -1.00. The van der Waals surface area contributed by atoms with Crippen LogP contribution >= 0.6 is 0 Å². The third-order valence-electron chi connectivity index (χ3n) is 6.05. The van der Waals surface area contributed by atoms with Gasteiger partial charge in [-0.3, -0.25) is 9.69 Å². The van der Waals surface area contributed by atoms with Crippen LogP contribution in [0.25, 0.3) is 10.9 Å². The van der Waals surface area contributed by atoms with Gasteiger partial charge >= 0.3 is 0 Å². The summed E-state index contributed by atoms with van der Waals surface area (Å²) in [5, 5.41) is 3.89. The van der Waals surface area contributed by atoms with Gasteiger partial charge in [0.25, 0.3) is 0 Å². The van der Waals surface area contributed by atoms with E-state index >= 15 is 0 Å². The number of amides is 1. The Morgan fingerprint density at radius 3 is 2.66 bits per heavy atom. The van der Waals surface area contributed by atoms with Crippen molar-refractivity contribution in [1.82, 2.24) is 9.88 Å². The van der Waals surface area contributed by atoms with Crippen molar-refractivity contribution in [3.8, 4) is 0 Å². The predicted molar refractivity (Wildman–Crippen MR) is 121 cm³/mol. The number of rotatable bonds is 4. The number of nitrogens with zero attached hydrogens (tertiary/aromatic N) is 1. The third kappa shape index (κ3) is 3.78. The molecule has 2 N–H and O–H groups in total. The highest BCUT2D eigenvalue weighted by molar-refractivity contribution is 5.88. The van der Waals surface area contributed by atoms with Gasteiger partial charge in [0.05, 0.1) is 6.04 Å². The van der Waals surface area contributed by atoms with Gasteiger partial charge in [-0.1, -0.05) is 30.3 Å². The Balaban J connectivity index is 1.56. The van der Waals surface area contributed by atoms with Gasteiger partial charge in [0.15, 0.2) is 0 Å². The largest absolute Gasteiger partial charge is 0.357 e. The molecule has 0 radical (unpaired) electrons. The number of H-pyrrole nitrogens is 1. The quantitative estimate of drug-likeness (QED) is 0.445. The van der Waals surface area contributed by atoms with Crippen LogP contribution in [0, 0.1) is 11.6 Å². The molecule has 0 aliphatic carbocycles. The van der Waals surface area contributed by atoms with E-state index in [1.54, 1.807) is 0 Å². The number of aromatic nitrogens is 1. The second-order valence-corrected chi connectivity index (χ2v) is 8.23. The van der Waals surface area contributed by atoms with E-state index < -0.39 is 17.7 Å². The van der Waals surface area contributed by atoms with E-state index in [2.05, 4.69) is 21.3 Å². The molecule has 4 nitrogen and oxygen atoms in total. The van der Waals surface area contributed by atoms with Crippen molar-refractivity contribution in [2.75, 3.05) is 11.9 Å². The van der Waals surface area contributed by atoms with Gasteiger partial charge in [0.2, 0.25) is 5.91 Å². The maximum absolute atomic E-state index is 14.9. The first-order valence-corrected chi connectivity index (χ1v) is 10.6. The maximum Gasteiger partial charge on any atom is 0.221 e. The van der Waals surface area contributed by atoms with Crippen LogP contribution in [0.2, 0.25) is 0 Å². The van der Waals surface area contributed by atoms with Crippen molar-refractivity contribution in [2.24, 2.45) is 0 Å². The number of anilines is 1. The Kier molecular flexibility index (Phi) is 5.23. The number of para-hydroxylation sites is 1. The molecule has 5 rings (SSSR count). The Labute approximate surface area is 184 Å². The van der Waals surface area contributed by atoms with Gasteiger partial charge in [-0.2, -0.15) is 0 Å².